The van der Waals surface area contributed by atoms with Gasteiger partial charge >= 0.3 is 0 Å². The zero-order chi connectivity index (χ0) is 29.3. The Morgan fingerprint density at radius 2 is 0.841 bits per heavy atom. The lowest BCUT2D eigenvalue weighted by molar-refractivity contribution is 1.18. The van der Waals surface area contributed by atoms with Gasteiger partial charge in [-0.15, -0.1) is 0 Å². The summed E-state index contributed by atoms with van der Waals surface area (Å²) in [7, 11) is 0. The maximum Gasteiger partial charge on any atom is 0.0547 e. The van der Waals surface area contributed by atoms with Crippen LogP contribution < -0.4 is 4.90 Å². The smallest absolute Gasteiger partial charge is 0.0547 e. The van der Waals surface area contributed by atoms with Crippen LogP contribution in [0.1, 0.15) is 0 Å². The third kappa shape index (κ3) is 4.63. The molecule has 0 aliphatic rings. The molecule has 0 aliphatic heterocycles. The summed E-state index contributed by atoms with van der Waals surface area (Å²) in [5.41, 5.74) is 11.6. The van der Waals surface area contributed by atoms with Crippen LogP contribution in [0.5, 0.6) is 0 Å². The van der Waals surface area contributed by atoms with Gasteiger partial charge in [-0.25, -0.2) is 0 Å². The van der Waals surface area contributed by atoms with Crippen LogP contribution in [0.4, 0.5) is 17.1 Å². The molecular weight excluding hydrogens is 532 g/mol. The molecule has 1 heterocycles. The van der Waals surface area contributed by atoms with Gasteiger partial charge in [0.05, 0.1) is 11.0 Å². The van der Waals surface area contributed by atoms with Crippen LogP contribution in [0.3, 0.4) is 0 Å². The number of fused-ring (bicyclic) bond motifs is 3. The molecule has 0 radical (unpaired) electrons. The minimum atomic E-state index is 1.11. The molecule has 0 atom stereocenters. The predicted molar refractivity (Wildman–Crippen MR) is 186 cm³/mol. The fourth-order valence-electron chi connectivity index (χ4n) is 6.31. The lowest BCUT2D eigenvalue weighted by Gasteiger charge is -2.26. The molecule has 0 bridgehead atoms. The SMILES string of the molecule is c1ccc(-c2cc(-c3ccc4c5ccccc5n(-c5ccccc5)c4c3)cc(N(c3ccccc3)c3ccccc3)c2)cc1. The Balaban J connectivity index is 1.38. The molecular formula is C42H30N2. The first-order chi connectivity index (χ1) is 21.8. The molecule has 0 saturated heterocycles. The summed E-state index contributed by atoms with van der Waals surface area (Å²) in [6, 6.07) is 65.1. The van der Waals surface area contributed by atoms with Gasteiger partial charge < -0.3 is 9.47 Å². The molecule has 8 aromatic rings. The molecule has 0 saturated carbocycles. The van der Waals surface area contributed by atoms with Gasteiger partial charge in [-0.05, 0) is 89.0 Å². The van der Waals surface area contributed by atoms with Crippen molar-refractivity contribution in [3.8, 4) is 27.9 Å². The minimum absolute atomic E-state index is 1.11. The van der Waals surface area contributed by atoms with Crippen molar-refractivity contribution in [2.75, 3.05) is 4.90 Å². The summed E-state index contributed by atoms with van der Waals surface area (Å²) in [6.45, 7) is 0. The Morgan fingerprint density at radius 1 is 0.318 bits per heavy atom. The maximum atomic E-state index is 2.39. The normalized spacial score (nSPS) is 11.2. The quantitative estimate of drug-likeness (QED) is 0.196. The van der Waals surface area contributed by atoms with E-state index in [9.17, 15) is 0 Å². The van der Waals surface area contributed by atoms with Gasteiger partial charge in [-0.2, -0.15) is 0 Å². The van der Waals surface area contributed by atoms with E-state index < -0.39 is 0 Å². The number of rotatable bonds is 6. The lowest BCUT2D eigenvalue weighted by atomic mass is 9.96. The summed E-state index contributed by atoms with van der Waals surface area (Å²) in [6.07, 6.45) is 0. The number of anilines is 3. The van der Waals surface area contributed by atoms with Crippen molar-refractivity contribution in [3.05, 3.63) is 182 Å². The van der Waals surface area contributed by atoms with Crippen molar-refractivity contribution < 1.29 is 0 Å². The van der Waals surface area contributed by atoms with Gasteiger partial charge in [-0.1, -0.05) is 115 Å². The Morgan fingerprint density at radius 3 is 1.50 bits per heavy atom. The van der Waals surface area contributed by atoms with Crippen molar-refractivity contribution in [2.45, 2.75) is 0 Å². The van der Waals surface area contributed by atoms with Crippen LogP contribution in [-0.4, -0.2) is 4.57 Å². The first-order valence-corrected chi connectivity index (χ1v) is 15.0. The maximum absolute atomic E-state index is 2.39. The summed E-state index contributed by atoms with van der Waals surface area (Å²) < 4.78 is 2.39. The number of hydrogen-bond acceptors (Lipinski definition) is 1. The van der Waals surface area contributed by atoms with Crippen molar-refractivity contribution in [3.63, 3.8) is 0 Å². The highest BCUT2D eigenvalue weighted by atomic mass is 15.1. The third-order valence-electron chi connectivity index (χ3n) is 8.33. The number of para-hydroxylation sites is 4. The summed E-state index contributed by atoms with van der Waals surface area (Å²) in [5, 5.41) is 2.51. The molecule has 2 nitrogen and oxygen atoms in total. The molecule has 2 heteroatoms. The highest BCUT2D eigenvalue weighted by Crippen LogP contribution is 2.41. The average Bonchev–Trinajstić information content (AvgIpc) is 3.44. The minimum Gasteiger partial charge on any atom is -0.310 e. The van der Waals surface area contributed by atoms with Crippen LogP contribution in [0.15, 0.2) is 182 Å². The fraction of sp³-hybridized carbons (Fsp3) is 0. The van der Waals surface area contributed by atoms with Crippen molar-refractivity contribution >= 4 is 38.9 Å². The van der Waals surface area contributed by atoms with Crippen molar-refractivity contribution in [2.24, 2.45) is 0 Å². The summed E-state index contributed by atoms with van der Waals surface area (Å²) >= 11 is 0. The van der Waals surface area contributed by atoms with Gasteiger partial charge in [0.15, 0.2) is 0 Å². The molecule has 208 valence electrons. The van der Waals surface area contributed by atoms with Gasteiger partial charge in [0.2, 0.25) is 0 Å². The van der Waals surface area contributed by atoms with Crippen LogP contribution in [0, 0.1) is 0 Å². The monoisotopic (exact) mass is 562 g/mol. The standard InChI is InChI=1S/C42H30N2/c1-5-15-31(16-6-1)33-27-34(29-38(28-33)43(35-17-7-2-8-18-35)36-19-9-3-10-20-36)32-25-26-40-39-23-13-14-24-41(39)44(42(40)30-32)37-21-11-4-12-22-37/h1-30H. The Labute approximate surface area is 257 Å². The van der Waals surface area contributed by atoms with Gasteiger partial charge in [0, 0.05) is 33.5 Å². The molecule has 0 amide bonds. The third-order valence-corrected chi connectivity index (χ3v) is 8.33. The van der Waals surface area contributed by atoms with E-state index in [2.05, 4.69) is 191 Å². The van der Waals surface area contributed by atoms with Gasteiger partial charge in [0.1, 0.15) is 0 Å². The van der Waals surface area contributed by atoms with E-state index in [0.29, 0.717) is 0 Å². The predicted octanol–water partition coefficient (Wildman–Crippen LogP) is 11.6. The zero-order valence-electron chi connectivity index (χ0n) is 24.2. The highest BCUT2D eigenvalue weighted by molar-refractivity contribution is 6.10. The average molecular weight is 563 g/mol. The lowest BCUT2D eigenvalue weighted by Crippen LogP contribution is -2.10. The van der Waals surface area contributed by atoms with Gasteiger partial charge in [0.25, 0.3) is 0 Å². The van der Waals surface area contributed by atoms with E-state index >= 15 is 0 Å². The van der Waals surface area contributed by atoms with E-state index in [1.165, 1.54) is 44.1 Å². The molecule has 8 rings (SSSR count). The molecule has 0 fully saturated rings. The molecule has 0 N–H and O–H groups in total. The molecule has 1 aromatic heterocycles. The Kier molecular flexibility index (Phi) is 6.51. The number of aromatic nitrogens is 1. The van der Waals surface area contributed by atoms with Crippen LogP contribution in [0.25, 0.3) is 49.7 Å². The van der Waals surface area contributed by atoms with E-state index in [4.69, 9.17) is 0 Å². The van der Waals surface area contributed by atoms with E-state index in [-0.39, 0.29) is 0 Å². The molecule has 0 aliphatic carbocycles. The van der Waals surface area contributed by atoms with Crippen molar-refractivity contribution in [1.29, 1.82) is 0 Å². The first kappa shape index (κ1) is 25.8. The highest BCUT2D eigenvalue weighted by Gasteiger charge is 2.17. The number of hydrogen-bond donors (Lipinski definition) is 0. The molecule has 44 heavy (non-hydrogen) atoms. The number of nitrogens with zero attached hydrogens (tertiary/aromatic N) is 2. The van der Waals surface area contributed by atoms with E-state index in [1.807, 2.05) is 0 Å². The van der Waals surface area contributed by atoms with Crippen LogP contribution in [-0.2, 0) is 0 Å². The Hall–Kier alpha value is -5.86. The second-order valence-corrected chi connectivity index (χ2v) is 11.1. The second-order valence-electron chi connectivity index (χ2n) is 11.1. The largest absolute Gasteiger partial charge is 0.310 e. The Bertz CT molecular complexity index is 2160. The van der Waals surface area contributed by atoms with Crippen LogP contribution >= 0.6 is 0 Å². The van der Waals surface area contributed by atoms with E-state index in [1.54, 1.807) is 0 Å². The molecule has 0 unspecified atom stereocenters. The van der Waals surface area contributed by atoms with Gasteiger partial charge in [-0.3, -0.25) is 0 Å². The summed E-state index contributed by atoms with van der Waals surface area (Å²) in [4.78, 5) is 2.34. The molecule has 0 spiro atoms. The van der Waals surface area contributed by atoms with Crippen molar-refractivity contribution in [1.82, 2.24) is 4.57 Å². The second kappa shape index (κ2) is 11.1. The number of benzene rings is 7. The zero-order valence-corrected chi connectivity index (χ0v) is 24.2. The molecule has 7 aromatic carbocycles. The van der Waals surface area contributed by atoms with E-state index in [0.717, 1.165) is 22.7 Å². The summed E-state index contributed by atoms with van der Waals surface area (Å²) in [5.74, 6) is 0. The first-order valence-electron chi connectivity index (χ1n) is 15.0. The van der Waals surface area contributed by atoms with Crippen LogP contribution in [0.2, 0.25) is 0 Å². The topological polar surface area (TPSA) is 8.17 Å². The fourth-order valence-corrected chi connectivity index (χ4v) is 6.31.